The molecule has 3 rings (SSSR count). The number of halogens is 1. The van der Waals surface area contributed by atoms with Gasteiger partial charge in [-0.25, -0.2) is 0 Å². The van der Waals surface area contributed by atoms with Gasteiger partial charge in [-0.15, -0.1) is 12.4 Å². The highest BCUT2D eigenvalue weighted by molar-refractivity contribution is 6.09. The summed E-state index contributed by atoms with van der Waals surface area (Å²) in [6, 6.07) is 10.7. The zero-order valence-corrected chi connectivity index (χ0v) is 15.7. The second-order valence-corrected chi connectivity index (χ2v) is 6.32. The minimum absolute atomic E-state index is 0. The maximum atomic E-state index is 12.8. The van der Waals surface area contributed by atoms with E-state index in [9.17, 15) is 9.59 Å². The molecule has 2 aromatic rings. The van der Waals surface area contributed by atoms with Crippen LogP contribution >= 0.6 is 12.4 Å². The van der Waals surface area contributed by atoms with Crippen LogP contribution < -0.4 is 15.5 Å². The van der Waals surface area contributed by atoms with Crippen molar-refractivity contribution in [2.45, 2.75) is 31.8 Å². The number of nitrogens with zero attached hydrogens (tertiary/aromatic N) is 1. The molecule has 0 spiro atoms. The lowest BCUT2D eigenvalue weighted by molar-refractivity contribution is 0.0920. The quantitative estimate of drug-likeness (QED) is 0.859. The highest BCUT2D eigenvalue weighted by Crippen LogP contribution is 2.22. The lowest BCUT2D eigenvalue weighted by atomic mass is 9.99. The number of hydrogen-bond donors (Lipinski definition) is 2. The number of amides is 2. The van der Waals surface area contributed by atoms with Gasteiger partial charge in [0.05, 0.1) is 17.5 Å². The van der Waals surface area contributed by atoms with Crippen LogP contribution in [0.1, 0.15) is 40.7 Å². The largest absolute Gasteiger partial charge is 0.459 e. The molecular formula is C19H24ClN3O3. The van der Waals surface area contributed by atoms with Crippen molar-refractivity contribution in [2.24, 2.45) is 0 Å². The fourth-order valence-electron chi connectivity index (χ4n) is 3.12. The molecule has 1 fully saturated rings. The fraction of sp³-hybridized carbons (Fsp3) is 0.368. The summed E-state index contributed by atoms with van der Waals surface area (Å²) in [7, 11) is 1.64. The zero-order chi connectivity index (χ0) is 17.8. The SMILES string of the molecule is CC1NCCCC1NC(=O)c1ccccc1N(C)C(=O)c1ccco1.Cl. The number of hydrogen-bond acceptors (Lipinski definition) is 4. The summed E-state index contributed by atoms with van der Waals surface area (Å²) in [5.41, 5.74) is 1.03. The Hall–Kier alpha value is -2.31. The first kappa shape index (κ1) is 20.0. The summed E-state index contributed by atoms with van der Waals surface area (Å²) in [6.07, 6.45) is 3.44. The van der Waals surface area contributed by atoms with Gasteiger partial charge < -0.3 is 20.0 Å². The zero-order valence-electron chi connectivity index (χ0n) is 14.9. The van der Waals surface area contributed by atoms with Crippen molar-refractivity contribution in [3.63, 3.8) is 0 Å². The maximum absolute atomic E-state index is 12.8. The van der Waals surface area contributed by atoms with E-state index in [0.29, 0.717) is 11.3 Å². The topological polar surface area (TPSA) is 74.6 Å². The van der Waals surface area contributed by atoms with Gasteiger partial charge in [-0.05, 0) is 50.6 Å². The van der Waals surface area contributed by atoms with Gasteiger partial charge in [0.15, 0.2) is 5.76 Å². The third kappa shape index (κ3) is 4.26. The average Bonchev–Trinajstić information content (AvgIpc) is 3.17. The summed E-state index contributed by atoms with van der Waals surface area (Å²) < 4.78 is 5.17. The molecule has 6 nitrogen and oxygen atoms in total. The summed E-state index contributed by atoms with van der Waals surface area (Å²) in [5, 5.41) is 6.46. The lowest BCUT2D eigenvalue weighted by Crippen LogP contribution is -2.52. The molecule has 2 heterocycles. The second kappa shape index (κ2) is 8.87. The third-order valence-corrected chi connectivity index (χ3v) is 4.62. The Balaban J connectivity index is 0.00000243. The molecular weight excluding hydrogens is 354 g/mol. The van der Waals surface area contributed by atoms with Crippen molar-refractivity contribution in [3.8, 4) is 0 Å². The Kier molecular flexibility index (Phi) is 6.83. The third-order valence-electron chi connectivity index (χ3n) is 4.62. The predicted octanol–water partition coefficient (Wildman–Crippen LogP) is 2.85. The van der Waals surface area contributed by atoms with E-state index >= 15 is 0 Å². The molecule has 0 bridgehead atoms. The van der Waals surface area contributed by atoms with Crippen LogP contribution in [0, 0.1) is 0 Å². The minimum atomic E-state index is -0.294. The van der Waals surface area contributed by atoms with Crippen LogP contribution in [-0.2, 0) is 0 Å². The number of furan rings is 1. The molecule has 2 N–H and O–H groups in total. The molecule has 1 aliphatic heterocycles. The number of benzene rings is 1. The number of para-hydroxylation sites is 1. The van der Waals surface area contributed by atoms with Gasteiger partial charge in [0.2, 0.25) is 0 Å². The predicted molar refractivity (Wildman–Crippen MR) is 103 cm³/mol. The molecule has 140 valence electrons. The van der Waals surface area contributed by atoms with Crippen LogP contribution in [0.4, 0.5) is 5.69 Å². The molecule has 0 saturated carbocycles. The van der Waals surface area contributed by atoms with Crippen molar-refractivity contribution >= 4 is 29.9 Å². The number of carbonyl (C=O) groups excluding carboxylic acids is 2. The average molecular weight is 378 g/mol. The molecule has 7 heteroatoms. The van der Waals surface area contributed by atoms with Gasteiger partial charge in [0.25, 0.3) is 11.8 Å². The summed E-state index contributed by atoms with van der Waals surface area (Å²) in [4.78, 5) is 26.7. The molecule has 1 aromatic carbocycles. The lowest BCUT2D eigenvalue weighted by Gasteiger charge is -2.31. The van der Waals surface area contributed by atoms with Crippen molar-refractivity contribution < 1.29 is 14.0 Å². The van der Waals surface area contributed by atoms with E-state index in [-0.39, 0.29) is 42.1 Å². The van der Waals surface area contributed by atoms with Crippen LogP contribution in [0.15, 0.2) is 47.1 Å². The molecule has 1 saturated heterocycles. The van der Waals surface area contributed by atoms with E-state index < -0.39 is 0 Å². The van der Waals surface area contributed by atoms with Crippen LogP contribution in [0.3, 0.4) is 0 Å². The van der Waals surface area contributed by atoms with E-state index in [4.69, 9.17) is 4.42 Å². The Morgan fingerprint density at radius 3 is 2.69 bits per heavy atom. The van der Waals surface area contributed by atoms with E-state index in [1.807, 2.05) is 6.07 Å². The van der Waals surface area contributed by atoms with Gasteiger partial charge in [-0.3, -0.25) is 9.59 Å². The van der Waals surface area contributed by atoms with Crippen molar-refractivity contribution in [3.05, 3.63) is 54.0 Å². The van der Waals surface area contributed by atoms with Gasteiger partial charge in [0, 0.05) is 19.1 Å². The standard InChI is InChI=1S/C19H23N3O3.ClH/c1-13-15(8-5-11-20-13)21-18(23)14-7-3-4-9-16(14)22(2)19(24)17-10-6-12-25-17;/h3-4,6-7,9-10,12-13,15,20H,5,8,11H2,1-2H3,(H,21,23);1H. The molecule has 2 unspecified atom stereocenters. The number of nitrogens with one attached hydrogen (secondary N) is 2. The molecule has 2 atom stereocenters. The van der Waals surface area contributed by atoms with Gasteiger partial charge in [-0.1, -0.05) is 12.1 Å². The first-order valence-corrected chi connectivity index (χ1v) is 8.53. The number of rotatable bonds is 4. The Bertz CT molecular complexity index is 748. The normalized spacial score (nSPS) is 19.3. The van der Waals surface area contributed by atoms with Gasteiger partial charge >= 0.3 is 0 Å². The molecule has 1 aliphatic rings. The van der Waals surface area contributed by atoms with E-state index in [1.54, 1.807) is 37.4 Å². The molecule has 26 heavy (non-hydrogen) atoms. The van der Waals surface area contributed by atoms with Crippen molar-refractivity contribution in [1.29, 1.82) is 0 Å². The molecule has 1 aromatic heterocycles. The first-order chi connectivity index (χ1) is 12.1. The fourth-order valence-corrected chi connectivity index (χ4v) is 3.12. The second-order valence-electron chi connectivity index (χ2n) is 6.32. The summed E-state index contributed by atoms with van der Waals surface area (Å²) in [6.45, 7) is 3.05. The minimum Gasteiger partial charge on any atom is -0.459 e. The van der Waals surface area contributed by atoms with E-state index in [2.05, 4.69) is 17.6 Å². The van der Waals surface area contributed by atoms with E-state index in [1.165, 1.54) is 11.2 Å². The highest BCUT2D eigenvalue weighted by atomic mass is 35.5. The first-order valence-electron chi connectivity index (χ1n) is 8.53. The van der Waals surface area contributed by atoms with E-state index in [0.717, 1.165) is 19.4 Å². The Morgan fingerprint density at radius 2 is 2.00 bits per heavy atom. The van der Waals surface area contributed by atoms with Crippen molar-refractivity contribution in [2.75, 3.05) is 18.5 Å². The van der Waals surface area contributed by atoms with Crippen LogP contribution in [-0.4, -0.2) is 37.5 Å². The van der Waals surface area contributed by atoms with Crippen molar-refractivity contribution in [1.82, 2.24) is 10.6 Å². The van der Waals surface area contributed by atoms with Gasteiger partial charge in [0.1, 0.15) is 0 Å². The van der Waals surface area contributed by atoms with Crippen LogP contribution in [0.5, 0.6) is 0 Å². The Labute approximate surface area is 159 Å². The van der Waals surface area contributed by atoms with Gasteiger partial charge in [-0.2, -0.15) is 0 Å². The summed E-state index contributed by atoms with van der Waals surface area (Å²) >= 11 is 0. The smallest absolute Gasteiger partial charge is 0.293 e. The Morgan fingerprint density at radius 1 is 1.23 bits per heavy atom. The summed E-state index contributed by atoms with van der Waals surface area (Å²) in [5.74, 6) is -0.226. The number of anilines is 1. The number of piperidine rings is 1. The molecule has 2 amide bonds. The molecule has 0 radical (unpaired) electrons. The number of carbonyl (C=O) groups is 2. The van der Waals surface area contributed by atoms with Crippen LogP contribution in [0.25, 0.3) is 0 Å². The highest BCUT2D eigenvalue weighted by Gasteiger charge is 2.25. The maximum Gasteiger partial charge on any atom is 0.293 e. The van der Waals surface area contributed by atoms with Crippen LogP contribution in [0.2, 0.25) is 0 Å². The molecule has 0 aliphatic carbocycles. The monoisotopic (exact) mass is 377 g/mol.